The van der Waals surface area contributed by atoms with E-state index in [9.17, 15) is 14.9 Å². The molecule has 1 N–H and O–H groups in total. The summed E-state index contributed by atoms with van der Waals surface area (Å²) in [6, 6.07) is 12.7. The second-order valence-corrected chi connectivity index (χ2v) is 4.14. The van der Waals surface area contributed by atoms with E-state index in [1.54, 1.807) is 24.3 Å². The Morgan fingerprint density at radius 3 is 2.50 bits per heavy atom. The molecule has 0 bridgehead atoms. The van der Waals surface area contributed by atoms with Crippen LogP contribution >= 0.6 is 0 Å². The largest absolute Gasteiger partial charge is 0.310 e. The van der Waals surface area contributed by atoms with Crippen molar-refractivity contribution in [2.45, 2.75) is 0 Å². The fourth-order valence-corrected chi connectivity index (χ4v) is 1.88. The molecule has 0 spiro atoms. The van der Waals surface area contributed by atoms with Gasteiger partial charge in [0.2, 0.25) is 0 Å². The molecule has 98 valence electrons. The Balaban J connectivity index is 2.14. The molecule has 0 aliphatic carbocycles. The van der Waals surface area contributed by atoms with Gasteiger partial charge in [-0.2, -0.15) is 0 Å². The number of non-ortho nitro benzene ring substituents is 1. The van der Waals surface area contributed by atoms with Crippen LogP contribution in [0.1, 0.15) is 0 Å². The minimum absolute atomic E-state index is 0.0162. The van der Waals surface area contributed by atoms with Gasteiger partial charge in [-0.3, -0.25) is 14.9 Å². The van der Waals surface area contributed by atoms with Gasteiger partial charge in [-0.15, -0.1) is 0 Å². The van der Waals surface area contributed by atoms with Crippen molar-refractivity contribution in [3.05, 3.63) is 69.0 Å². The van der Waals surface area contributed by atoms with Crippen LogP contribution < -0.4 is 10.4 Å². The summed E-state index contributed by atoms with van der Waals surface area (Å²) in [6.07, 6.45) is 0. The van der Waals surface area contributed by atoms with Crippen LogP contribution in [0, 0.1) is 10.1 Å². The molecule has 0 aliphatic rings. The first-order valence-corrected chi connectivity index (χ1v) is 5.81. The highest BCUT2D eigenvalue weighted by atomic mass is 16.6. The van der Waals surface area contributed by atoms with E-state index in [0.29, 0.717) is 16.6 Å². The summed E-state index contributed by atoms with van der Waals surface area (Å²) in [4.78, 5) is 23.3. The monoisotopic (exact) mass is 269 g/mol. The summed E-state index contributed by atoms with van der Waals surface area (Å²) in [5, 5.41) is 18.0. The molecule has 0 saturated carbocycles. The molecule has 0 radical (unpaired) electrons. The number of fused-ring (bicyclic) bond motifs is 1. The zero-order valence-electron chi connectivity index (χ0n) is 10.2. The average Bonchev–Trinajstić information content (AvgIpc) is 2.47. The number of rotatable bonds is 2. The van der Waals surface area contributed by atoms with Crippen molar-refractivity contribution in [1.82, 2.24) is 10.2 Å². The Kier molecular flexibility index (Phi) is 2.72. The summed E-state index contributed by atoms with van der Waals surface area (Å²) in [5.41, 5.74) is 0.805. The predicted octanol–water partition coefficient (Wildman–Crippen LogP) is 1.11. The van der Waals surface area contributed by atoms with Crippen molar-refractivity contribution in [3.63, 3.8) is 0 Å². The second-order valence-electron chi connectivity index (χ2n) is 4.14. The van der Waals surface area contributed by atoms with Crippen molar-refractivity contribution in [1.29, 1.82) is 0 Å². The Labute approximate surface area is 112 Å². The van der Waals surface area contributed by atoms with Gasteiger partial charge in [-0.25, -0.2) is 0 Å². The van der Waals surface area contributed by atoms with Crippen molar-refractivity contribution >= 4 is 16.6 Å². The summed E-state index contributed by atoms with van der Waals surface area (Å²) in [6.45, 7) is 0. The smallest absolute Gasteiger partial charge is 0.263 e. The maximum absolute atomic E-state index is 11.9. The number of nitro groups is 1. The molecule has 7 heteroatoms. The maximum atomic E-state index is 11.9. The molecular weight excluding hydrogens is 260 g/mol. The predicted molar refractivity (Wildman–Crippen MR) is 70.6 cm³/mol. The Hall–Kier alpha value is -3.09. The van der Waals surface area contributed by atoms with Crippen LogP contribution in [0.3, 0.4) is 0 Å². The van der Waals surface area contributed by atoms with E-state index in [4.69, 9.17) is 0 Å². The van der Waals surface area contributed by atoms with Gasteiger partial charge < -0.3 is 0 Å². The molecule has 3 aromatic rings. The normalized spacial score (nSPS) is 10.6. The third-order valence-corrected chi connectivity index (χ3v) is 2.87. The van der Waals surface area contributed by atoms with Gasteiger partial charge in [0.05, 0.1) is 10.3 Å². The summed E-state index contributed by atoms with van der Waals surface area (Å²) in [5.74, 6) is 0. The molecule has 2 aromatic carbocycles. The van der Waals surface area contributed by atoms with Crippen LogP contribution in [0.5, 0.6) is 0 Å². The van der Waals surface area contributed by atoms with Crippen molar-refractivity contribution < 1.29 is 9.72 Å². The fraction of sp³-hybridized carbons (Fsp3) is 0. The average molecular weight is 269 g/mol. The van der Waals surface area contributed by atoms with Gasteiger partial charge in [-0.1, -0.05) is 17.2 Å². The van der Waals surface area contributed by atoms with Crippen LogP contribution in [0.2, 0.25) is 0 Å². The first-order valence-electron chi connectivity index (χ1n) is 5.81. The van der Waals surface area contributed by atoms with Crippen LogP contribution in [0.4, 0.5) is 5.69 Å². The number of aromatic nitrogens is 3. The number of nitrogens with one attached hydrogen (secondary N) is 1. The molecule has 0 aliphatic heterocycles. The van der Waals surface area contributed by atoms with Crippen molar-refractivity contribution in [2.24, 2.45) is 0 Å². The highest BCUT2D eigenvalue weighted by molar-refractivity contribution is 5.75. The van der Waals surface area contributed by atoms with Gasteiger partial charge in [0.15, 0.2) is 0 Å². The molecular formula is C13H9N4O3+. The van der Waals surface area contributed by atoms with Crippen molar-refractivity contribution in [2.75, 3.05) is 0 Å². The number of H-pyrrole nitrogens is 1. The molecule has 3 rings (SSSR count). The topological polar surface area (TPSA) is 92.8 Å². The van der Waals surface area contributed by atoms with Gasteiger partial charge >= 0.3 is 5.56 Å². The third kappa shape index (κ3) is 2.01. The molecule has 0 amide bonds. The van der Waals surface area contributed by atoms with Crippen LogP contribution in [-0.4, -0.2) is 15.1 Å². The lowest BCUT2D eigenvalue weighted by Crippen LogP contribution is -2.44. The Morgan fingerprint density at radius 1 is 1.10 bits per heavy atom. The fourth-order valence-electron chi connectivity index (χ4n) is 1.88. The van der Waals surface area contributed by atoms with E-state index in [-0.39, 0.29) is 11.2 Å². The first-order chi connectivity index (χ1) is 9.65. The van der Waals surface area contributed by atoms with Crippen LogP contribution in [0.15, 0.2) is 53.3 Å². The second kappa shape index (κ2) is 4.54. The number of nitrogens with zero attached hydrogens (tertiary/aromatic N) is 3. The highest BCUT2D eigenvalue weighted by Gasteiger charge is 2.14. The lowest BCUT2D eigenvalue weighted by Gasteiger charge is -1.95. The van der Waals surface area contributed by atoms with E-state index < -0.39 is 4.92 Å². The van der Waals surface area contributed by atoms with E-state index in [0.717, 1.165) is 0 Å². The third-order valence-electron chi connectivity index (χ3n) is 2.87. The highest BCUT2D eigenvalue weighted by Crippen LogP contribution is 2.11. The van der Waals surface area contributed by atoms with Crippen LogP contribution in [-0.2, 0) is 0 Å². The number of nitro benzene ring substituents is 1. The minimum Gasteiger partial charge on any atom is -0.263 e. The summed E-state index contributed by atoms with van der Waals surface area (Å²) in [7, 11) is 0. The quantitative estimate of drug-likeness (QED) is 0.428. The standard InChI is InChI=1S/C13H8N4O3/c18-13-11-3-1-2-4-12(11)14-16(15-13)9-5-7-10(8-6-9)17(19)20/h1-8H/p+1. The van der Waals surface area contributed by atoms with Gasteiger partial charge in [0.25, 0.3) is 11.4 Å². The van der Waals surface area contributed by atoms with E-state index in [2.05, 4.69) is 10.2 Å². The summed E-state index contributed by atoms with van der Waals surface area (Å²) >= 11 is 0. The Bertz CT molecular complexity index is 855. The molecule has 20 heavy (non-hydrogen) atoms. The number of benzene rings is 2. The van der Waals surface area contributed by atoms with Crippen molar-refractivity contribution in [3.8, 4) is 5.69 Å². The molecule has 0 atom stereocenters. The summed E-state index contributed by atoms with van der Waals surface area (Å²) < 4.78 is 0. The van der Waals surface area contributed by atoms with E-state index in [1.807, 2.05) is 0 Å². The Morgan fingerprint density at radius 2 is 1.80 bits per heavy atom. The number of hydrogen-bond acceptors (Lipinski definition) is 4. The SMILES string of the molecule is O=c1[nH][n+](-c2ccc([N+](=O)[O-])cc2)nc2ccccc12. The minimum atomic E-state index is -0.481. The molecule has 0 unspecified atom stereocenters. The molecule has 7 nitrogen and oxygen atoms in total. The molecule has 0 saturated heterocycles. The number of aromatic amines is 1. The number of hydrogen-bond donors (Lipinski definition) is 1. The van der Waals surface area contributed by atoms with Gasteiger partial charge in [0.1, 0.15) is 5.52 Å². The lowest BCUT2D eigenvalue weighted by atomic mass is 10.2. The van der Waals surface area contributed by atoms with Gasteiger partial charge in [0, 0.05) is 34.2 Å². The lowest BCUT2D eigenvalue weighted by molar-refractivity contribution is -0.718. The molecule has 1 aromatic heterocycles. The van der Waals surface area contributed by atoms with Gasteiger partial charge in [-0.05, 0) is 12.1 Å². The van der Waals surface area contributed by atoms with E-state index >= 15 is 0 Å². The zero-order chi connectivity index (χ0) is 14.1. The van der Waals surface area contributed by atoms with E-state index in [1.165, 1.54) is 29.1 Å². The molecule has 0 fully saturated rings. The van der Waals surface area contributed by atoms with Crippen LogP contribution in [0.25, 0.3) is 16.6 Å². The zero-order valence-corrected chi connectivity index (χ0v) is 10.2. The first kappa shape index (κ1) is 12.0. The maximum Gasteiger partial charge on any atom is 0.310 e. The molecule has 1 heterocycles.